The van der Waals surface area contributed by atoms with E-state index in [2.05, 4.69) is 16.0 Å². The Kier molecular flexibility index (Phi) is 7.50. The molecule has 110 valence electrons. The van der Waals surface area contributed by atoms with E-state index in [1.165, 1.54) is 0 Å². The lowest BCUT2D eigenvalue weighted by Gasteiger charge is -2.24. The molecule has 0 atom stereocenters. The molecule has 0 aromatic carbocycles. The van der Waals surface area contributed by atoms with Gasteiger partial charge in [0.25, 0.3) is 0 Å². The van der Waals surface area contributed by atoms with Crippen molar-refractivity contribution in [3.8, 4) is 0 Å². The van der Waals surface area contributed by atoms with Crippen LogP contribution in [0.5, 0.6) is 0 Å². The van der Waals surface area contributed by atoms with Crippen molar-refractivity contribution in [2.24, 2.45) is 0 Å². The van der Waals surface area contributed by atoms with E-state index < -0.39 is 30.1 Å². The van der Waals surface area contributed by atoms with Gasteiger partial charge in [-0.1, -0.05) is 0 Å². The van der Waals surface area contributed by atoms with Crippen LogP contribution in [-0.4, -0.2) is 54.9 Å². The molecule has 0 radical (unpaired) electrons. The smallest absolute Gasteiger partial charge is 0.322 e. The monoisotopic (exact) mass is 275 g/mol. The Balaban J connectivity index is 3.81. The second-order valence-electron chi connectivity index (χ2n) is 4.40. The van der Waals surface area contributed by atoms with E-state index in [1.807, 2.05) is 20.8 Å². The molecule has 8 heteroatoms. The fourth-order valence-corrected chi connectivity index (χ4v) is 1.19. The van der Waals surface area contributed by atoms with Crippen LogP contribution in [-0.2, 0) is 14.3 Å². The predicted molar refractivity (Wildman–Crippen MR) is 67.8 cm³/mol. The van der Waals surface area contributed by atoms with Crippen molar-refractivity contribution >= 4 is 17.9 Å². The van der Waals surface area contributed by atoms with Crippen molar-refractivity contribution in [2.45, 2.75) is 26.4 Å². The highest BCUT2D eigenvalue weighted by molar-refractivity contribution is 5.86. The summed E-state index contributed by atoms with van der Waals surface area (Å²) in [5, 5.41) is 15.3. The Bertz CT molecular complexity index is 330. The Hall–Kier alpha value is -1.83. The highest BCUT2D eigenvalue weighted by atomic mass is 16.5. The van der Waals surface area contributed by atoms with Gasteiger partial charge < -0.3 is 25.8 Å². The molecule has 0 saturated carbocycles. The molecule has 0 spiro atoms. The molecule has 0 fully saturated rings. The molecule has 0 aromatic rings. The maximum Gasteiger partial charge on any atom is 0.322 e. The molecule has 0 aliphatic carbocycles. The number of aliphatic carboxylic acids is 1. The van der Waals surface area contributed by atoms with Gasteiger partial charge in [-0.2, -0.15) is 0 Å². The van der Waals surface area contributed by atoms with E-state index in [0.29, 0.717) is 13.2 Å². The van der Waals surface area contributed by atoms with Crippen LogP contribution in [0.3, 0.4) is 0 Å². The van der Waals surface area contributed by atoms with Gasteiger partial charge in [-0.25, -0.2) is 4.79 Å². The summed E-state index contributed by atoms with van der Waals surface area (Å²) in [5.74, 6) is -1.71. The van der Waals surface area contributed by atoms with Gasteiger partial charge in [0, 0.05) is 13.2 Å². The minimum absolute atomic E-state index is 0.284. The highest BCUT2D eigenvalue weighted by Crippen LogP contribution is 2.06. The molecule has 0 unspecified atom stereocenters. The number of nitrogens with one attached hydrogen (secondary N) is 3. The summed E-state index contributed by atoms with van der Waals surface area (Å²) in [5.41, 5.74) is -0.488. The molecule has 3 amide bonds. The van der Waals surface area contributed by atoms with Gasteiger partial charge in [-0.05, 0) is 20.8 Å². The van der Waals surface area contributed by atoms with Gasteiger partial charge in [0.15, 0.2) is 0 Å². The molecule has 0 saturated heterocycles. The number of urea groups is 1. The fraction of sp³-hybridized carbons (Fsp3) is 0.727. The summed E-state index contributed by atoms with van der Waals surface area (Å²) in [6.07, 6.45) is 0. The summed E-state index contributed by atoms with van der Waals surface area (Å²) in [6, 6.07) is -0.516. The first-order valence-electron chi connectivity index (χ1n) is 5.91. The molecular formula is C11H21N3O5. The van der Waals surface area contributed by atoms with Crippen molar-refractivity contribution in [1.82, 2.24) is 16.0 Å². The lowest BCUT2D eigenvalue weighted by molar-refractivity contribution is -0.137. The zero-order chi connectivity index (χ0) is 14.9. The molecular weight excluding hydrogens is 254 g/mol. The SMILES string of the molecule is CCOC(C)(C)CNC(=O)NCC(=O)NCC(=O)O. The fourth-order valence-electron chi connectivity index (χ4n) is 1.19. The van der Waals surface area contributed by atoms with Crippen molar-refractivity contribution in [3.63, 3.8) is 0 Å². The molecule has 0 aromatic heterocycles. The maximum absolute atomic E-state index is 11.4. The lowest BCUT2D eigenvalue weighted by Crippen LogP contribution is -2.47. The molecule has 19 heavy (non-hydrogen) atoms. The third-order valence-corrected chi connectivity index (χ3v) is 2.06. The maximum atomic E-state index is 11.4. The van der Waals surface area contributed by atoms with Crippen LogP contribution < -0.4 is 16.0 Å². The number of ether oxygens (including phenoxy) is 1. The van der Waals surface area contributed by atoms with Gasteiger partial charge >= 0.3 is 12.0 Å². The Morgan fingerprint density at radius 1 is 1.11 bits per heavy atom. The van der Waals surface area contributed by atoms with E-state index in [1.54, 1.807) is 0 Å². The van der Waals surface area contributed by atoms with Crippen LogP contribution in [0.2, 0.25) is 0 Å². The topological polar surface area (TPSA) is 117 Å². The van der Waals surface area contributed by atoms with E-state index in [-0.39, 0.29) is 6.54 Å². The summed E-state index contributed by atoms with van der Waals surface area (Å²) < 4.78 is 5.38. The molecule has 0 bridgehead atoms. The largest absolute Gasteiger partial charge is 0.480 e. The Morgan fingerprint density at radius 2 is 1.74 bits per heavy atom. The number of carboxylic acids is 1. The molecule has 0 rings (SSSR count). The molecule has 0 heterocycles. The lowest BCUT2D eigenvalue weighted by atomic mass is 10.1. The zero-order valence-corrected chi connectivity index (χ0v) is 11.4. The Morgan fingerprint density at radius 3 is 2.26 bits per heavy atom. The quantitative estimate of drug-likeness (QED) is 0.467. The van der Waals surface area contributed by atoms with Crippen molar-refractivity contribution in [2.75, 3.05) is 26.2 Å². The van der Waals surface area contributed by atoms with Crippen LogP contribution in [0.25, 0.3) is 0 Å². The second kappa shape index (κ2) is 8.30. The van der Waals surface area contributed by atoms with E-state index in [9.17, 15) is 14.4 Å². The minimum Gasteiger partial charge on any atom is -0.480 e. The van der Waals surface area contributed by atoms with Crippen molar-refractivity contribution in [1.29, 1.82) is 0 Å². The van der Waals surface area contributed by atoms with Gasteiger partial charge in [0.2, 0.25) is 5.91 Å². The number of carbonyl (C=O) groups is 3. The number of amides is 3. The standard InChI is InChI=1S/C11H21N3O5/c1-4-19-11(2,3)7-14-10(18)13-5-8(15)12-6-9(16)17/h4-7H2,1-3H3,(H,12,15)(H,16,17)(H2,13,14,18). The molecule has 4 N–H and O–H groups in total. The highest BCUT2D eigenvalue weighted by Gasteiger charge is 2.18. The average Bonchev–Trinajstić information content (AvgIpc) is 2.31. The van der Waals surface area contributed by atoms with Gasteiger partial charge in [0.1, 0.15) is 6.54 Å². The third kappa shape index (κ3) is 9.83. The van der Waals surface area contributed by atoms with Gasteiger partial charge in [0.05, 0.1) is 12.1 Å². The minimum atomic E-state index is -1.14. The number of hydrogen-bond donors (Lipinski definition) is 4. The van der Waals surface area contributed by atoms with E-state index in [4.69, 9.17) is 9.84 Å². The summed E-state index contributed by atoms with van der Waals surface area (Å²) in [7, 11) is 0. The van der Waals surface area contributed by atoms with Crippen LogP contribution >= 0.6 is 0 Å². The van der Waals surface area contributed by atoms with E-state index in [0.717, 1.165) is 0 Å². The Labute approximate surface area is 111 Å². The first-order valence-corrected chi connectivity index (χ1v) is 5.91. The first kappa shape index (κ1) is 17.2. The van der Waals surface area contributed by atoms with Crippen LogP contribution in [0, 0.1) is 0 Å². The van der Waals surface area contributed by atoms with Crippen LogP contribution in [0.15, 0.2) is 0 Å². The molecule has 8 nitrogen and oxygen atoms in total. The normalized spacial score (nSPS) is 10.7. The summed E-state index contributed by atoms with van der Waals surface area (Å²) in [6.45, 7) is 5.59. The zero-order valence-electron chi connectivity index (χ0n) is 11.4. The number of hydrogen-bond acceptors (Lipinski definition) is 4. The number of carbonyl (C=O) groups excluding carboxylic acids is 2. The summed E-state index contributed by atoms with van der Waals surface area (Å²) >= 11 is 0. The molecule has 0 aliphatic heterocycles. The molecule has 0 aliphatic rings. The van der Waals surface area contributed by atoms with Crippen molar-refractivity contribution < 1.29 is 24.2 Å². The average molecular weight is 275 g/mol. The first-order chi connectivity index (χ1) is 8.76. The number of carboxylic acid groups (broad SMARTS) is 1. The number of rotatable bonds is 8. The van der Waals surface area contributed by atoms with Crippen LogP contribution in [0.4, 0.5) is 4.79 Å². The van der Waals surface area contributed by atoms with Gasteiger partial charge in [-0.3, -0.25) is 9.59 Å². The summed E-state index contributed by atoms with van der Waals surface area (Å²) in [4.78, 5) is 32.7. The van der Waals surface area contributed by atoms with Crippen molar-refractivity contribution in [3.05, 3.63) is 0 Å². The third-order valence-electron chi connectivity index (χ3n) is 2.06. The van der Waals surface area contributed by atoms with E-state index >= 15 is 0 Å². The van der Waals surface area contributed by atoms with Crippen LogP contribution in [0.1, 0.15) is 20.8 Å². The predicted octanol–water partition coefficient (Wildman–Crippen LogP) is -0.698. The van der Waals surface area contributed by atoms with Gasteiger partial charge in [-0.15, -0.1) is 0 Å². The second-order valence-corrected chi connectivity index (χ2v) is 4.40.